The van der Waals surface area contributed by atoms with Crippen LogP contribution in [-0.4, -0.2) is 56.3 Å². The van der Waals surface area contributed by atoms with Gasteiger partial charge in [-0.1, -0.05) is 13.8 Å². The summed E-state index contributed by atoms with van der Waals surface area (Å²) in [5.74, 6) is 0.859. The molecule has 0 radical (unpaired) electrons. The fourth-order valence-electron chi connectivity index (χ4n) is 2.98. The zero-order chi connectivity index (χ0) is 18.1. The third kappa shape index (κ3) is 8.66. The molecule has 1 fully saturated rings. The predicted octanol–water partition coefficient (Wildman–Crippen LogP) is 2.94. The monoisotopic (exact) mass is 421 g/mol. The Morgan fingerprint density at radius 3 is 2.37 bits per heavy atom. The van der Waals surface area contributed by atoms with Crippen molar-refractivity contribution in [1.82, 2.24) is 4.90 Å². The minimum atomic E-state index is -0.492. The van der Waals surface area contributed by atoms with Crippen molar-refractivity contribution < 1.29 is 14.3 Å². The lowest BCUT2D eigenvalue weighted by atomic mass is 9.92. The zero-order valence-electron chi connectivity index (χ0n) is 16.2. The standard InChI is InChI=1S/C19H31N3O3.2ClH/c1-3-22(4-2)11-14-25-17-7-5-16(6-8-17)21-19(23)18(20)15-9-12-24-13-10-15;;/h5-8,15,18H,3-4,9-14,20H2,1-2H3,(H,21,23);2*1H. The number of hydrogen-bond donors (Lipinski definition) is 2. The topological polar surface area (TPSA) is 76.8 Å². The molecule has 1 atom stereocenters. The van der Waals surface area contributed by atoms with Gasteiger partial charge in [0.25, 0.3) is 0 Å². The maximum Gasteiger partial charge on any atom is 0.241 e. The van der Waals surface area contributed by atoms with Gasteiger partial charge < -0.3 is 25.4 Å². The normalized spacial score (nSPS) is 15.4. The van der Waals surface area contributed by atoms with Gasteiger partial charge in [-0.2, -0.15) is 0 Å². The van der Waals surface area contributed by atoms with Crippen LogP contribution < -0.4 is 15.8 Å². The Bertz CT molecular complexity index is 521. The molecule has 1 heterocycles. The van der Waals surface area contributed by atoms with Gasteiger partial charge in [-0.15, -0.1) is 24.8 Å². The van der Waals surface area contributed by atoms with E-state index < -0.39 is 6.04 Å². The third-order valence-electron chi connectivity index (χ3n) is 4.77. The molecule has 1 aliphatic heterocycles. The number of rotatable bonds is 9. The van der Waals surface area contributed by atoms with Gasteiger partial charge in [0.05, 0.1) is 6.04 Å². The summed E-state index contributed by atoms with van der Waals surface area (Å²) in [5, 5.41) is 2.89. The molecule has 1 amide bonds. The molecule has 1 unspecified atom stereocenters. The Balaban J connectivity index is 0.00000338. The maximum atomic E-state index is 12.3. The summed E-state index contributed by atoms with van der Waals surface area (Å²) in [5.41, 5.74) is 6.83. The van der Waals surface area contributed by atoms with Crippen molar-refractivity contribution in [2.45, 2.75) is 32.7 Å². The number of nitrogens with one attached hydrogen (secondary N) is 1. The second kappa shape index (κ2) is 14.0. The maximum absolute atomic E-state index is 12.3. The minimum absolute atomic E-state index is 0. The number of carbonyl (C=O) groups is 1. The number of halogens is 2. The highest BCUT2D eigenvalue weighted by atomic mass is 35.5. The van der Waals surface area contributed by atoms with Gasteiger partial charge in [-0.05, 0) is 56.1 Å². The van der Waals surface area contributed by atoms with Gasteiger partial charge in [-0.25, -0.2) is 0 Å². The number of hydrogen-bond acceptors (Lipinski definition) is 5. The van der Waals surface area contributed by atoms with Crippen LogP contribution in [0, 0.1) is 5.92 Å². The number of amides is 1. The highest BCUT2D eigenvalue weighted by Gasteiger charge is 2.26. The zero-order valence-corrected chi connectivity index (χ0v) is 17.8. The molecule has 0 bridgehead atoms. The van der Waals surface area contributed by atoms with Crippen molar-refractivity contribution in [2.24, 2.45) is 11.7 Å². The molecule has 156 valence electrons. The molecule has 1 aliphatic rings. The molecule has 1 saturated heterocycles. The van der Waals surface area contributed by atoms with Crippen LogP contribution >= 0.6 is 24.8 Å². The van der Waals surface area contributed by atoms with Gasteiger partial charge in [0.1, 0.15) is 12.4 Å². The fourth-order valence-corrected chi connectivity index (χ4v) is 2.98. The van der Waals surface area contributed by atoms with E-state index in [2.05, 4.69) is 24.1 Å². The summed E-state index contributed by atoms with van der Waals surface area (Å²) < 4.78 is 11.1. The number of nitrogens with zero attached hydrogens (tertiary/aromatic N) is 1. The van der Waals surface area contributed by atoms with Crippen LogP contribution in [0.2, 0.25) is 0 Å². The average Bonchev–Trinajstić information content (AvgIpc) is 2.66. The molecule has 1 aromatic rings. The van der Waals surface area contributed by atoms with Gasteiger partial charge in [0, 0.05) is 25.4 Å². The second-order valence-electron chi connectivity index (χ2n) is 6.36. The first-order valence-electron chi connectivity index (χ1n) is 9.23. The first-order valence-corrected chi connectivity index (χ1v) is 9.23. The first-order chi connectivity index (χ1) is 12.1. The van der Waals surface area contributed by atoms with E-state index >= 15 is 0 Å². The van der Waals surface area contributed by atoms with Crippen molar-refractivity contribution >= 4 is 36.4 Å². The smallest absolute Gasteiger partial charge is 0.241 e. The highest BCUT2D eigenvalue weighted by molar-refractivity contribution is 5.94. The lowest BCUT2D eigenvalue weighted by molar-refractivity contribution is -0.119. The average molecular weight is 422 g/mol. The number of anilines is 1. The lowest BCUT2D eigenvalue weighted by Gasteiger charge is -2.26. The Kier molecular flexibility index (Phi) is 13.5. The molecule has 27 heavy (non-hydrogen) atoms. The van der Waals surface area contributed by atoms with Crippen molar-refractivity contribution in [3.63, 3.8) is 0 Å². The quantitative estimate of drug-likeness (QED) is 0.640. The van der Waals surface area contributed by atoms with Gasteiger partial charge in [0.15, 0.2) is 0 Å². The Morgan fingerprint density at radius 2 is 1.81 bits per heavy atom. The lowest BCUT2D eigenvalue weighted by Crippen LogP contribution is -2.43. The van der Waals surface area contributed by atoms with Crippen molar-refractivity contribution in [3.8, 4) is 5.75 Å². The predicted molar refractivity (Wildman–Crippen MR) is 114 cm³/mol. The molecule has 1 aromatic carbocycles. The molecule has 6 nitrogen and oxygen atoms in total. The highest BCUT2D eigenvalue weighted by Crippen LogP contribution is 2.20. The van der Waals surface area contributed by atoms with Crippen LogP contribution in [-0.2, 0) is 9.53 Å². The van der Waals surface area contributed by atoms with E-state index in [1.54, 1.807) is 0 Å². The van der Waals surface area contributed by atoms with Crippen molar-refractivity contribution in [2.75, 3.05) is 44.8 Å². The molecule has 0 aliphatic carbocycles. The Labute approximate surface area is 175 Å². The number of carbonyl (C=O) groups excluding carboxylic acids is 1. The van der Waals surface area contributed by atoms with Gasteiger partial charge in [-0.3, -0.25) is 4.79 Å². The Hall–Kier alpha value is -1.05. The van der Waals surface area contributed by atoms with Gasteiger partial charge >= 0.3 is 0 Å². The number of nitrogens with two attached hydrogens (primary N) is 1. The van der Waals surface area contributed by atoms with E-state index in [-0.39, 0.29) is 36.6 Å². The van der Waals surface area contributed by atoms with Crippen LogP contribution in [0.4, 0.5) is 5.69 Å². The van der Waals surface area contributed by atoms with Crippen LogP contribution in [0.5, 0.6) is 5.75 Å². The molecule has 3 N–H and O–H groups in total. The summed E-state index contributed by atoms with van der Waals surface area (Å²) in [4.78, 5) is 14.6. The van der Waals surface area contributed by atoms with Crippen LogP contribution in [0.1, 0.15) is 26.7 Å². The molecule has 0 spiro atoms. The minimum Gasteiger partial charge on any atom is -0.492 e. The molecule has 8 heteroatoms. The molecule has 0 aromatic heterocycles. The number of benzene rings is 1. The number of likely N-dealkylation sites (N-methyl/N-ethyl adjacent to an activating group) is 1. The van der Waals surface area contributed by atoms with E-state index in [4.69, 9.17) is 15.2 Å². The summed E-state index contributed by atoms with van der Waals surface area (Å²) in [6.07, 6.45) is 1.68. The third-order valence-corrected chi connectivity index (χ3v) is 4.77. The van der Waals surface area contributed by atoms with Crippen LogP contribution in [0.25, 0.3) is 0 Å². The fraction of sp³-hybridized carbons (Fsp3) is 0.632. The Morgan fingerprint density at radius 1 is 1.22 bits per heavy atom. The SMILES string of the molecule is CCN(CC)CCOc1ccc(NC(=O)C(N)C2CCOCC2)cc1.Cl.Cl. The summed E-state index contributed by atoms with van der Waals surface area (Å²) in [7, 11) is 0. The summed E-state index contributed by atoms with van der Waals surface area (Å²) in [6, 6.07) is 6.95. The molecule has 2 rings (SSSR count). The molecular weight excluding hydrogens is 389 g/mol. The molecular formula is C19H33Cl2N3O3. The first kappa shape index (κ1) is 26.0. The summed E-state index contributed by atoms with van der Waals surface area (Å²) >= 11 is 0. The van der Waals surface area contributed by atoms with Gasteiger partial charge in [0.2, 0.25) is 5.91 Å². The van der Waals surface area contributed by atoms with E-state index in [9.17, 15) is 4.79 Å². The van der Waals surface area contributed by atoms with Crippen LogP contribution in [0.15, 0.2) is 24.3 Å². The van der Waals surface area contributed by atoms with Crippen molar-refractivity contribution in [3.05, 3.63) is 24.3 Å². The largest absolute Gasteiger partial charge is 0.492 e. The van der Waals surface area contributed by atoms with E-state index in [1.807, 2.05) is 24.3 Å². The summed E-state index contributed by atoms with van der Waals surface area (Å²) in [6.45, 7) is 9.28. The molecule has 0 saturated carbocycles. The van der Waals surface area contributed by atoms with E-state index in [1.165, 1.54) is 0 Å². The van der Waals surface area contributed by atoms with E-state index in [0.29, 0.717) is 19.8 Å². The number of ether oxygens (including phenoxy) is 2. The van der Waals surface area contributed by atoms with Crippen molar-refractivity contribution in [1.29, 1.82) is 0 Å². The second-order valence-corrected chi connectivity index (χ2v) is 6.36. The van der Waals surface area contributed by atoms with E-state index in [0.717, 1.165) is 43.9 Å². The van der Waals surface area contributed by atoms with Crippen LogP contribution in [0.3, 0.4) is 0 Å².